The molecule has 0 aliphatic carbocycles. The number of imide groups is 1. The minimum Gasteiger partial charge on any atom is -0.480 e. The summed E-state index contributed by atoms with van der Waals surface area (Å²) >= 11 is 0. The van der Waals surface area contributed by atoms with E-state index >= 15 is 0 Å². The van der Waals surface area contributed by atoms with E-state index in [9.17, 15) is 24.3 Å². The molecule has 14 heteroatoms. The highest BCUT2D eigenvalue weighted by Crippen LogP contribution is 2.20. The number of aromatic nitrogens is 4. The molecule has 214 valence electrons. The zero-order chi connectivity index (χ0) is 29.8. The van der Waals surface area contributed by atoms with Crippen LogP contribution in [0.25, 0.3) is 11.2 Å². The fourth-order valence-corrected chi connectivity index (χ4v) is 4.58. The number of hydrogen-bond donors (Lipinski definition) is 5. The van der Waals surface area contributed by atoms with Crippen LogP contribution in [0.5, 0.6) is 0 Å². The Morgan fingerprint density at radius 3 is 2.55 bits per heavy atom. The van der Waals surface area contributed by atoms with Crippen LogP contribution in [0.15, 0.2) is 54.7 Å². The molecule has 0 fully saturated rings. The quantitative estimate of drug-likeness (QED) is 0.171. The Balaban J connectivity index is 1.14. The Labute approximate surface area is 239 Å². The third-order valence-electron chi connectivity index (χ3n) is 6.74. The van der Waals surface area contributed by atoms with Gasteiger partial charge >= 0.3 is 5.97 Å². The molecule has 42 heavy (non-hydrogen) atoms. The predicted molar refractivity (Wildman–Crippen MR) is 152 cm³/mol. The normalized spacial score (nSPS) is 13.5. The average molecular weight is 570 g/mol. The molecule has 0 radical (unpaired) electrons. The first-order valence-corrected chi connectivity index (χ1v) is 13.0. The highest BCUT2D eigenvalue weighted by molar-refractivity contribution is 6.09. The number of nitrogens with zero attached hydrogens (tertiary/aromatic N) is 5. The number of carboxylic acids is 1. The number of nitrogens with one attached hydrogen (secondary N) is 2. The molecule has 0 saturated carbocycles. The number of carbonyl (C=O) groups is 4. The van der Waals surface area contributed by atoms with Gasteiger partial charge in [-0.1, -0.05) is 18.2 Å². The maximum atomic E-state index is 12.8. The van der Waals surface area contributed by atoms with Crippen LogP contribution in [0.4, 0.5) is 17.5 Å². The van der Waals surface area contributed by atoms with Crippen molar-refractivity contribution in [2.75, 3.05) is 23.3 Å². The minimum atomic E-state index is -1.21. The van der Waals surface area contributed by atoms with Gasteiger partial charge in [0.2, 0.25) is 11.9 Å². The number of nitrogens with two attached hydrogens (primary N) is 2. The smallest absolute Gasteiger partial charge is 0.326 e. The lowest BCUT2D eigenvalue weighted by Gasteiger charge is -2.27. The molecule has 0 saturated heterocycles. The second-order valence-corrected chi connectivity index (χ2v) is 9.62. The van der Waals surface area contributed by atoms with Crippen molar-refractivity contribution in [2.24, 2.45) is 0 Å². The van der Waals surface area contributed by atoms with Gasteiger partial charge in [-0.25, -0.2) is 14.8 Å². The van der Waals surface area contributed by atoms with Crippen LogP contribution in [0.2, 0.25) is 0 Å². The molecule has 7 N–H and O–H groups in total. The number of fused-ring (bicyclic) bond motifs is 2. The van der Waals surface area contributed by atoms with Crippen molar-refractivity contribution in [3.05, 3.63) is 77.1 Å². The van der Waals surface area contributed by atoms with Crippen LogP contribution in [0, 0.1) is 0 Å². The summed E-state index contributed by atoms with van der Waals surface area (Å²) in [6.45, 7) is 0.355. The van der Waals surface area contributed by atoms with Crippen molar-refractivity contribution in [1.82, 2.24) is 30.2 Å². The summed E-state index contributed by atoms with van der Waals surface area (Å²) in [5, 5.41) is 15.3. The fraction of sp³-hybridized carbons (Fsp3) is 0.214. The van der Waals surface area contributed by atoms with Crippen molar-refractivity contribution >= 4 is 52.3 Å². The highest BCUT2D eigenvalue weighted by atomic mass is 16.4. The second-order valence-electron chi connectivity index (χ2n) is 9.62. The lowest BCUT2D eigenvalue weighted by atomic mass is 9.98. The Hall–Kier alpha value is -5.66. The first-order chi connectivity index (χ1) is 20.2. The highest BCUT2D eigenvalue weighted by Gasteiger charge is 2.30. The first kappa shape index (κ1) is 27.9. The summed E-state index contributed by atoms with van der Waals surface area (Å²) in [6, 6.07) is 12.2. The molecule has 0 bridgehead atoms. The van der Waals surface area contributed by atoms with Gasteiger partial charge in [-0.3, -0.25) is 19.3 Å². The summed E-state index contributed by atoms with van der Waals surface area (Å²) in [5.41, 5.74) is 14.7. The standard InChI is InChI=1S/C28H27N9O5/c29-23-22-24(36-28(30)35-23)32-14-18(33-22)13-31-17-9-7-15(8-10-17)25(39)34-20(27(41)42)6-3-11-37-21(38)12-16-4-1-2-5-19(16)26(37)40/h1-2,4-5,7-10,14,20,31H,3,6,11-13H2,(H,34,39)(H,41,42)(H4,29,30,32,35,36)/t20-/m0/s1. The van der Waals surface area contributed by atoms with Crippen LogP contribution >= 0.6 is 0 Å². The van der Waals surface area contributed by atoms with E-state index < -0.39 is 23.8 Å². The van der Waals surface area contributed by atoms with Crippen LogP contribution in [0.3, 0.4) is 0 Å². The first-order valence-electron chi connectivity index (χ1n) is 13.0. The molecule has 1 aliphatic heterocycles. The van der Waals surface area contributed by atoms with Gasteiger partial charge in [0.15, 0.2) is 17.0 Å². The van der Waals surface area contributed by atoms with Gasteiger partial charge in [-0.05, 0) is 48.7 Å². The third-order valence-corrected chi connectivity index (χ3v) is 6.74. The number of carboxylic acid groups (broad SMARTS) is 1. The number of anilines is 3. The molecule has 5 rings (SSSR count). The van der Waals surface area contributed by atoms with Crippen molar-refractivity contribution in [3.63, 3.8) is 0 Å². The summed E-state index contributed by atoms with van der Waals surface area (Å²) in [4.78, 5) is 67.4. The van der Waals surface area contributed by atoms with E-state index in [1.54, 1.807) is 48.5 Å². The Bertz CT molecular complexity index is 1690. The molecule has 3 heterocycles. The number of rotatable bonds is 10. The molecular weight excluding hydrogens is 542 g/mol. The van der Waals surface area contributed by atoms with Crippen LogP contribution in [-0.4, -0.2) is 66.2 Å². The lowest BCUT2D eigenvalue weighted by molar-refractivity contribution is -0.139. The predicted octanol–water partition coefficient (Wildman–Crippen LogP) is 1.38. The number of nitrogen functional groups attached to an aromatic ring is 2. The second kappa shape index (κ2) is 11.8. The molecule has 2 aromatic heterocycles. The lowest BCUT2D eigenvalue weighted by Crippen LogP contribution is -2.44. The van der Waals surface area contributed by atoms with E-state index in [0.717, 1.165) is 4.90 Å². The van der Waals surface area contributed by atoms with Crippen molar-refractivity contribution < 1.29 is 24.3 Å². The molecule has 0 unspecified atom stereocenters. The van der Waals surface area contributed by atoms with Crippen LogP contribution in [0.1, 0.15) is 44.8 Å². The fourth-order valence-electron chi connectivity index (χ4n) is 4.58. The molecule has 1 aliphatic rings. The van der Waals surface area contributed by atoms with Gasteiger partial charge in [0, 0.05) is 23.4 Å². The van der Waals surface area contributed by atoms with Gasteiger partial charge in [0.05, 0.1) is 24.9 Å². The van der Waals surface area contributed by atoms with E-state index in [4.69, 9.17) is 11.5 Å². The van der Waals surface area contributed by atoms with E-state index in [0.29, 0.717) is 34.6 Å². The third kappa shape index (κ3) is 6.06. The van der Waals surface area contributed by atoms with E-state index in [2.05, 4.69) is 30.6 Å². The number of benzene rings is 2. The molecule has 1 atom stereocenters. The zero-order valence-corrected chi connectivity index (χ0v) is 22.3. The molecule has 0 spiro atoms. The number of carbonyl (C=O) groups excluding carboxylic acids is 3. The molecule has 4 aromatic rings. The average Bonchev–Trinajstić information content (AvgIpc) is 2.97. The van der Waals surface area contributed by atoms with Crippen molar-refractivity contribution in [1.29, 1.82) is 0 Å². The largest absolute Gasteiger partial charge is 0.480 e. The van der Waals surface area contributed by atoms with Gasteiger partial charge in [-0.15, -0.1) is 0 Å². The van der Waals surface area contributed by atoms with Gasteiger partial charge < -0.3 is 27.2 Å². The molecule has 2 aromatic carbocycles. The summed E-state index contributed by atoms with van der Waals surface area (Å²) in [6.07, 6.45) is 1.89. The Morgan fingerprint density at radius 1 is 1.02 bits per heavy atom. The number of aliphatic carboxylic acids is 1. The monoisotopic (exact) mass is 569 g/mol. The van der Waals surface area contributed by atoms with E-state index in [1.165, 1.54) is 6.20 Å². The maximum Gasteiger partial charge on any atom is 0.326 e. The van der Waals surface area contributed by atoms with E-state index in [-0.39, 0.29) is 54.7 Å². The zero-order valence-electron chi connectivity index (χ0n) is 22.3. The van der Waals surface area contributed by atoms with Crippen molar-refractivity contribution in [2.45, 2.75) is 31.8 Å². The van der Waals surface area contributed by atoms with Crippen LogP contribution in [-0.2, 0) is 22.6 Å². The molecule has 14 nitrogen and oxygen atoms in total. The summed E-state index contributed by atoms with van der Waals surface area (Å²) in [7, 11) is 0. The van der Waals surface area contributed by atoms with Crippen LogP contribution < -0.4 is 22.1 Å². The Morgan fingerprint density at radius 2 is 1.79 bits per heavy atom. The van der Waals surface area contributed by atoms with E-state index in [1.807, 2.05) is 0 Å². The number of amides is 3. The topological polar surface area (TPSA) is 219 Å². The summed E-state index contributed by atoms with van der Waals surface area (Å²) in [5.74, 6) is -2.38. The molecular formula is C28H27N9O5. The van der Waals surface area contributed by atoms with Gasteiger partial charge in [-0.2, -0.15) is 9.97 Å². The van der Waals surface area contributed by atoms with Gasteiger partial charge in [0.1, 0.15) is 6.04 Å². The minimum absolute atomic E-state index is 0.0101. The molecule has 3 amide bonds. The number of hydrogen-bond acceptors (Lipinski definition) is 11. The maximum absolute atomic E-state index is 12.8. The Kier molecular flexibility index (Phi) is 7.86. The summed E-state index contributed by atoms with van der Waals surface area (Å²) < 4.78 is 0. The van der Waals surface area contributed by atoms with Gasteiger partial charge in [0.25, 0.3) is 11.8 Å². The van der Waals surface area contributed by atoms with Crippen molar-refractivity contribution in [3.8, 4) is 0 Å². The SMILES string of the molecule is Nc1nc(N)c2nc(CNc3ccc(C(=O)N[C@@H](CCCN4C(=O)Cc5ccccc5C4=O)C(=O)O)cc3)cnc2n1.